The van der Waals surface area contributed by atoms with Crippen molar-refractivity contribution < 1.29 is 9.59 Å². The van der Waals surface area contributed by atoms with Crippen LogP contribution in [0.25, 0.3) is 0 Å². The summed E-state index contributed by atoms with van der Waals surface area (Å²) in [6.07, 6.45) is 0.739. The largest absolute Gasteiger partial charge is 0.282 e. The Morgan fingerprint density at radius 1 is 1.33 bits per heavy atom. The van der Waals surface area contributed by atoms with Gasteiger partial charge >= 0.3 is 0 Å². The number of amides is 2. The number of hydrogen-bond acceptors (Lipinski definition) is 2. The minimum absolute atomic E-state index is 0.0614. The van der Waals surface area contributed by atoms with Crippen LogP contribution in [0, 0.1) is 0 Å². The van der Waals surface area contributed by atoms with Gasteiger partial charge in [-0.05, 0) is 12.0 Å². The van der Waals surface area contributed by atoms with Gasteiger partial charge in [-0.1, -0.05) is 30.3 Å². The fourth-order valence-corrected chi connectivity index (χ4v) is 1.99. The first-order valence-corrected chi connectivity index (χ1v) is 5.07. The zero-order valence-electron chi connectivity index (χ0n) is 8.64. The molecule has 15 heavy (non-hydrogen) atoms. The molecule has 2 rings (SSSR count). The molecule has 1 heterocycles. The molecule has 0 unspecified atom stereocenters. The molecule has 1 saturated heterocycles. The van der Waals surface area contributed by atoms with E-state index in [0.29, 0.717) is 6.54 Å². The Labute approximate surface area is 88.7 Å². The number of rotatable bonds is 1. The monoisotopic (exact) mass is 203 g/mol. The fourth-order valence-electron chi connectivity index (χ4n) is 1.99. The third-order valence-corrected chi connectivity index (χ3v) is 2.79. The van der Waals surface area contributed by atoms with Crippen LogP contribution < -0.4 is 0 Å². The number of hydrogen-bond donors (Lipinski definition) is 0. The van der Waals surface area contributed by atoms with Gasteiger partial charge in [-0.2, -0.15) is 0 Å². The third kappa shape index (κ3) is 1.77. The van der Waals surface area contributed by atoms with E-state index in [4.69, 9.17) is 0 Å². The lowest BCUT2D eigenvalue weighted by Crippen LogP contribution is -2.31. The van der Waals surface area contributed by atoms with E-state index in [2.05, 4.69) is 0 Å². The minimum atomic E-state index is -0.154. The average Bonchev–Trinajstić information content (AvgIpc) is 2.61. The van der Waals surface area contributed by atoms with E-state index in [1.807, 2.05) is 30.3 Å². The van der Waals surface area contributed by atoms with Crippen molar-refractivity contribution in [1.29, 1.82) is 0 Å². The maximum atomic E-state index is 11.9. The van der Waals surface area contributed by atoms with Gasteiger partial charge in [0.1, 0.15) is 0 Å². The van der Waals surface area contributed by atoms with Crippen molar-refractivity contribution >= 4 is 11.8 Å². The van der Waals surface area contributed by atoms with Crippen LogP contribution in [-0.4, -0.2) is 23.3 Å². The molecule has 1 aliphatic heterocycles. The molecule has 0 aromatic heterocycles. The van der Waals surface area contributed by atoms with Crippen molar-refractivity contribution in [3.8, 4) is 0 Å². The van der Waals surface area contributed by atoms with Gasteiger partial charge < -0.3 is 0 Å². The SMILES string of the molecule is CC(=O)N1CC[C@@H](c2ccccc2)C1=O. The van der Waals surface area contributed by atoms with Crippen LogP contribution in [-0.2, 0) is 9.59 Å². The molecule has 0 spiro atoms. The van der Waals surface area contributed by atoms with Crippen molar-refractivity contribution in [2.45, 2.75) is 19.3 Å². The zero-order valence-corrected chi connectivity index (χ0v) is 8.64. The Bertz CT molecular complexity index is 386. The van der Waals surface area contributed by atoms with Crippen LogP contribution in [0.4, 0.5) is 0 Å². The molecule has 3 nitrogen and oxygen atoms in total. The van der Waals surface area contributed by atoms with Crippen molar-refractivity contribution in [1.82, 2.24) is 4.90 Å². The lowest BCUT2D eigenvalue weighted by molar-refractivity contribution is -0.140. The molecule has 0 saturated carbocycles. The highest BCUT2D eigenvalue weighted by Gasteiger charge is 2.34. The van der Waals surface area contributed by atoms with Gasteiger partial charge in [0.25, 0.3) is 0 Å². The molecule has 0 N–H and O–H groups in total. The van der Waals surface area contributed by atoms with Gasteiger partial charge in [0.2, 0.25) is 11.8 Å². The van der Waals surface area contributed by atoms with E-state index in [1.165, 1.54) is 11.8 Å². The molecule has 1 fully saturated rings. The van der Waals surface area contributed by atoms with Crippen LogP contribution in [0.5, 0.6) is 0 Å². The maximum absolute atomic E-state index is 11.9. The maximum Gasteiger partial charge on any atom is 0.236 e. The minimum Gasteiger partial charge on any atom is -0.282 e. The molecule has 0 bridgehead atoms. The predicted octanol–water partition coefficient (Wildman–Crippen LogP) is 1.55. The van der Waals surface area contributed by atoms with Crippen LogP contribution in [0.3, 0.4) is 0 Å². The summed E-state index contributed by atoms with van der Waals surface area (Å²) in [6.45, 7) is 1.99. The third-order valence-electron chi connectivity index (χ3n) is 2.79. The Morgan fingerprint density at radius 2 is 2.00 bits per heavy atom. The fraction of sp³-hybridized carbons (Fsp3) is 0.333. The molecule has 78 valence electrons. The summed E-state index contributed by atoms with van der Waals surface area (Å²) in [7, 11) is 0. The first-order chi connectivity index (χ1) is 7.20. The molecule has 1 atom stereocenters. The van der Waals surface area contributed by atoms with E-state index in [9.17, 15) is 9.59 Å². The highest BCUT2D eigenvalue weighted by Crippen LogP contribution is 2.28. The van der Waals surface area contributed by atoms with Crippen molar-refractivity contribution in [3.05, 3.63) is 35.9 Å². The molecule has 0 radical (unpaired) electrons. The Morgan fingerprint density at radius 3 is 2.53 bits per heavy atom. The number of benzene rings is 1. The van der Waals surface area contributed by atoms with Gasteiger partial charge in [-0.3, -0.25) is 14.5 Å². The summed E-state index contributed by atoms with van der Waals surface area (Å²) < 4.78 is 0. The molecule has 1 aromatic carbocycles. The van der Waals surface area contributed by atoms with Crippen molar-refractivity contribution in [2.24, 2.45) is 0 Å². The summed E-state index contributed by atoms with van der Waals surface area (Å²) in [5.41, 5.74) is 1.01. The molecule has 1 aromatic rings. The lowest BCUT2D eigenvalue weighted by Gasteiger charge is -2.12. The number of nitrogens with zero attached hydrogens (tertiary/aromatic N) is 1. The summed E-state index contributed by atoms with van der Waals surface area (Å²) >= 11 is 0. The first kappa shape index (κ1) is 9.90. The van der Waals surface area contributed by atoms with E-state index in [1.54, 1.807) is 0 Å². The number of imide groups is 1. The molecule has 0 aliphatic carbocycles. The van der Waals surface area contributed by atoms with E-state index < -0.39 is 0 Å². The van der Waals surface area contributed by atoms with Gasteiger partial charge in [-0.25, -0.2) is 0 Å². The molecule has 1 aliphatic rings. The second kappa shape index (κ2) is 3.85. The standard InChI is InChI=1S/C12H13NO2/c1-9(14)13-8-7-11(12(13)15)10-5-3-2-4-6-10/h2-6,11H,7-8H2,1H3/t11-/m0/s1. The van der Waals surface area contributed by atoms with Crippen LogP contribution in [0.2, 0.25) is 0 Å². The number of carbonyl (C=O) groups excluding carboxylic acids is 2. The second-order valence-electron chi connectivity index (χ2n) is 3.76. The average molecular weight is 203 g/mol. The van der Waals surface area contributed by atoms with Crippen molar-refractivity contribution in [2.75, 3.05) is 6.54 Å². The highest BCUT2D eigenvalue weighted by molar-refractivity contribution is 5.99. The number of carbonyl (C=O) groups is 2. The van der Waals surface area contributed by atoms with Gasteiger partial charge in [0.05, 0.1) is 5.92 Å². The summed E-state index contributed by atoms with van der Waals surface area (Å²) in [5.74, 6) is -0.345. The second-order valence-corrected chi connectivity index (χ2v) is 3.76. The van der Waals surface area contributed by atoms with Crippen LogP contribution >= 0.6 is 0 Å². The predicted molar refractivity (Wildman–Crippen MR) is 56.2 cm³/mol. The molecule has 2 amide bonds. The molecular formula is C12H13NO2. The van der Waals surface area contributed by atoms with Gasteiger partial charge in [-0.15, -0.1) is 0 Å². The normalized spacial score (nSPS) is 20.7. The lowest BCUT2D eigenvalue weighted by atomic mass is 9.98. The topological polar surface area (TPSA) is 37.4 Å². The Kier molecular flexibility index (Phi) is 2.54. The Balaban J connectivity index is 2.21. The summed E-state index contributed by atoms with van der Waals surface area (Å²) in [4.78, 5) is 24.3. The van der Waals surface area contributed by atoms with E-state index in [0.717, 1.165) is 12.0 Å². The van der Waals surface area contributed by atoms with Crippen LogP contribution in [0.1, 0.15) is 24.8 Å². The summed E-state index contributed by atoms with van der Waals surface area (Å²) in [5, 5.41) is 0. The first-order valence-electron chi connectivity index (χ1n) is 5.07. The molecular weight excluding hydrogens is 190 g/mol. The molecule has 3 heteroatoms. The van der Waals surface area contributed by atoms with Gasteiger partial charge in [0.15, 0.2) is 0 Å². The van der Waals surface area contributed by atoms with E-state index >= 15 is 0 Å². The quantitative estimate of drug-likeness (QED) is 0.694. The van der Waals surface area contributed by atoms with Crippen molar-refractivity contribution in [3.63, 3.8) is 0 Å². The smallest absolute Gasteiger partial charge is 0.236 e. The van der Waals surface area contributed by atoms with E-state index in [-0.39, 0.29) is 17.7 Å². The summed E-state index contributed by atoms with van der Waals surface area (Å²) in [6, 6.07) is 9.63. The number of likely N-dealkylation sites (tertiary alicyclic amines) is 1. The highest BCUT2D eigenvalue weighted by atomic mass is 16.2. The van der Waals surface area contributed by atoms with Gasteiger partial charge in [0, 0.05) is 13.5 Å². The Hall–Kier alpha value is -1.64. The zero-order chi connectivity index (χ0) is 10.8. The van der Waals surface area contributed by atoms with Crippen LogP contribution in [0.15, 0.2) is 30.3 Å².